The number of anilines is 1. The molecule has 3 amide bonds. The van der Waals surface area contributed by atoms with Crippen molar-refractivity contribution in [1.82, 2.24) is 10.6 Å². The molecule has 6 heteroatoms. The second kappa shape index (κ2) is 6.40. The van der Waals surface area contributed by atoms with Gasteiger partial charge < -0.3 is 16.0 Å². The Balaban J connectivity index is 1.59. The Labute approximate surface area is 135 Å². The van der Waals surface area contributed by atoms with Gasteiger partial charge in [0.25, 0.3) is 5.91 Å². The van der Waals surface area contributed by atoms with Crippen LogP contribution in [-0.2, 0) is 9.59 Å². The number of piperidine rings is 1. The first-order valence-electron chi connectivity index (χ1n) is 8.01. The highest BCUT2D eigenvalue weighted by Crippen LogP contribution is 2.38. The van der Waals surface area contributed by atoms with Crippen molar-refractivity contribution in [3.63, 3.8) is 0 Å². The average Bonchev–Trinajstić information content (AvgIpc) is 3.27. The van der Waals surface area contributed by atoms with Crippen molar-refractivity contribution < 1.29 is 14.4 Å². The number of carbonyl (C=O) groups excluding carboxylic acids is 3. The summed E-state index contributed by atoms with van der Waals surface area (Å²) in [4.78, 5) is 35.4. The Morgan fingerprint density at radius 1 is 1.30 bits per heavy atom. The molecule has 1 aliphatic carbocycles. The first-order valence-corrected chi connectivity index (χ1v) is 8.01. The lowest BCUT2D eigenvalue weighted by atomic mass is 10.1. The molecule has 2 aliphatic rings. The molecular weight excluding hydrogens is 294 g/mol. The molecule has 1 aromatic rings. The lowest BCUT2D eigenvalue weighted by Crippen LogP contribution is -2.47. The summed E-state index contributed by atoms with van der Waals surface area (Å²) < 4.78 is 0. The number of hydrogen-bond acceptors (Lipinski definition) is 3. The van der Waals surface area contributed by atoms with Crippen molar-refractivity contribution in [3.05, 3.63) is 29.8 Å². The molecule has 1 saturated carbocycles. The minimum Gasteiger partial charge on any atom is -0.354 e. The van der Waals surface area contributed by atoms with E-state index in [-0.39, 0.29) is 29.7 Å². The van der Waals surface area contributed by atoms with Crippen LogP contribution in [0.4, 0.5) is 5.69 Å². The number of carbonyl (C=O) groups is 3. The number of amides is 3. The van der Waals surface area contributed by atoms with Crippen molar-refractivity contribution in [2.45, 2.75) is 32.2 Å². The van der Waals surface area contributed by atoms with Crippen molar-refractivity contribution in [3.8, 4) is 0 Å². The maximum atomic E-state index is 12.3. The Kier molecular flexibility index (Phi) is 4.32. The molecule has 122 valence electrons. The molecule has 3 unspecified atom stereocenters. The van der Waals surface area contributed by atoms with Crippen LogP contribution in [0.2, 0.25) is 0 Å². The molecule has 3 rings (SSSR count). The van der Waals surface area contributed by atoms with Crippen LogP contribution in [0.3, 0.4) is 0 Å². The van der Waals surface area contributed by atoms with Crippen LogP contribution in [0.1, 0.15) is 36.5 Å². The summed E-state index contributed by atoms with van der Waals surface area (Å²) in [6, 6.07) is 6.88. The molecule has 0 aromatic heterocycles. The summed E-state index contributed by atoms with van der Waals surface area (Å²) in [6.07, 6.45) is 2.01. The van der Waals surface area contributed by atoms with Crippen LogP contribution in [0.15, 0.2) is 24.3 Å². The fraction of sp³-hybridized carbons (Fsp3) is 0.471. The van der Waals surface area contributed by atoms with Crippen molar-refractivity contribution in [2.75, 3.05) is 11.9 Å². The van der Waals surface area contributed by atoms with E-state index in [1.807, 2.05) is 0 Å². The summed E-state index contributed by atoms with van der Waals surface area (Å²) in [7, 11) is 0. The standard InChI is InChI=1S/C17H21N3O3/c1-10-7-14(10)17(23)19-12-4-2-3-11(8-12)16(22)20-13-5-6-15(21)18-9-13/h2-4,8,10,13-14H,5-7,9H2,1H3,(H,18,21)(H,19,23)(H,20,22). The van der Waals surface area contributed by atoms with E-state index in [0.29, 0.717) is 36.6 Å². The van der Waals surface area contributed by atoms with Gasteiger partial charge in [-0.3, -0.25) is 14.4 Å². The fourth-order valence-electron chi connectivity index (χ4n) is 2.79. The molecule has 0 spiro atoms. The van der Waals surface area contributed by atoms with E-state index < -0.39 is 0 Å². The first kappa shape index (κ1) is 15.5. The average molecular weight is 315 g/mol. The second-order valence-electron chi connectivity index (χ2n) is 6.40. The SMILES string of the molecule is CC1CC1C(=O)Nc1cccc(C(=O)NC2CCC(=O)NC2)c1. The molecule has 1 saturated heterocycles. The zero-order chi connectivity index (χ0) is 16.4. The normalized spacial score (nSPS) is 26.1. The Morgan fingerprint density at radius 2 is 2.09 bits per heavy atom. The fourth-order valence-corrected chi connectivity index (χ4v) is 2.79. The Bertz CT molecular complexity index is 634. The van der Waals surface area contributed by atoms with Gasteiger partial charge in [0, 0.05) is 36.2 Å². The summed E-state index contributed by atoms with van der Waals surface area (Å²) in [6.45, 7) is 2.51. The molecule has 1 aliphatic heterocycles. The van der Waals surface area contributed by atoms with Gasteiger partial charge in [0.2, 0.25) is 11.8 Å². The zero-order valence-electron chi connectivity index (χ0n) is 13.1. The van der Waals surface area contributed by atoms with Crippen LogP contribution in [0.25, 0.3) is 0 Å². The molecule has 3 atom stereocenters. The van der Waals surface area contributed by atoms with Crippen LogP contribution >= 0.6 is 0 Å². The quantitative estimate of drug-likeness (QED) is 0.782. The van der Waals surface area contributed by atoms with Crippen molar-refractivity contribution >= 4 is 23.4 Å². The molecule has 23 heavy (non-hydrogen) atoms. The lowest BCUT2D eigenvalue weighted by Gasteiger charge is -2.23. The minimum absolute atomic E-state index is 0.0186. The van der Waals surface area contributed by atoms with Gasteiger partial charge in [-0.1, -0.05) is 13.0 Å². The second-order valence-corrected chi connectivity index (χ2v) is 6.40. The van der Waals surface area contributed by atoms with E-state index in [4.69, 9.17) is 0 Å². The third-order valence-corrected chi connectivity index (χ3v) is 4.44. The Hall–Kier alpha value is -2.37. The molecule has 6 nitrogen and oxygen atoms in total. The molecule has 0 bridgehead atoms. The zero-order valence-corrected chi connectivity index (χ0v) is 13.1. The van der Waals surface area contributed by atoms with Crippen LogP contribution in [-0.4, -0.2) is 30.3 Å². The van der Waals surface area contributed by atoms with E-state index in [0.717, 1.165) is 6.42 Å². The van der Waals surface area contributed by atoms with E-state index in [1.54, 1.807) is 24.3 Å². The predicted octanol–water partition coefficient (Wildman–Crippen LogP) is 1.29. The van der Waals surface area contributed by atoms with Crippen LogP contribution in [0, 0.1) is 11.8 Å². The smallest absolute Gasteiger partial charge is 0.251 e. The van der Waals surface area contributed by atoms with E-state index in [1.165, 1.54) is 0 Å². The maximum absolute atomic E-state index is 12.3. The molecular formula is C17H21N3O3. The van der Waals surface area contributed by atoms with E-state index in [2.05, 4.69) is 22.9 Å². The molecule has 1 aromatic carbocycles. The minimum atomic E-state index is -0.193. The summed E-state index contributed by atoms with van der Waals surface area (Å²) >= 11 is 0. The molecule has 3 N–H and O–H groups in total. The summed E-state index contributed by atoms with van der Waals surface area (Å²) in [5.74, 6) is 0.392. The largest absolute Gasteiger partial charge is 0.354 e. The van der Waals surface area contributed by atoms with Crippen LogP contribution < -0.4 is 16.0 Å². The molecule has 1 heterocycles. The van der Waals surface area contributed by atoms with E-state index >= 15 is 0 Å². The number of nitrogens with one attached hydrogen (secondary N) is 3. The predicted molar refractivity (Wildman–Crippen MR) is 85.8 cm³/mol. The van der Waals surface area contributed by atoms with Crippen molar-refractivity contribution in [2.24, 2.45) is 11.8 Å². The van der Waals surface area contributed by atoms with Gasteiger partial charge in [0.05, 0.1) is 0 Å². The maximum Gasteiger partial charge on any atom is 0.251 e. The van der Waals surface area contributed by atoms with Gasteiger partial charge in [-0.15, -0.1) is 0 Å². The van der Waals surface area contributed by atoms with Gasteiger partial charge in [0.15, 0.2) is 0 Å². The number of rotatable bonds is 4. The topological polar surface area (TPSA) is 87.3 Å². The van der Waals surface area contributed by atoms with Gasteiger partial charge in [0.1, 0.15) is 0 Å². The highest BCUT2D eigenvalue weighted by Gasteiger charge is 2.39. The molecule has 2 fully saturated rings. The lowest BCUT2D eigenvalue weighted by molar-refractivity contribution is -0.122. The number of hydrogen-bond donors (Lipinski definition) is 3. The first-order chi connectivity index (χ1) is 11.0. The Morgan fingerprint density at radius 3 is 2.74 bits per heavy atom. The van der Waals surface area contributed by atoms with Gasteiger partial charge >= 0.3 is 0 Å². The third kappa shape index (κ3) is 3.88. The van der Waals surface area contributed by atoms with Gasteiger partial charge in [-0.2, -0.15) is 0 Å². The third-order valence-electron chi connectivity index (χ3n) is 4.44. The van der Waals surface area contributed by atoms with Crippen LogP contribution in [0.5, 0.6) is 0 Å². The van der Waals surface area contributed by atoms with Crippen molar-refractivity contribution in [1.29, 1.82) is 0 Å². The van der Waals surface area contributed by atoms with E-state index in [9.17, 15) is 14.4 Å². The summed E-state index contributed by atoms with van der Waals surface area (Å²) in [5.41, 5.74) is 1.14. The molecule has 0 radical (unpaired) electrons. The monoisotopic (exact) mass is 315 g/mol. The highest BCUT2D eigenvalue weighted by molar-refractivity contribution is 5.98. The van der Waals surface area contributed by atoms with Gasteiger partial charge in [-0.25, -0.2) is 0 Å². The van der Waals surface area contributed by atoms with Gasteiger partial charge in [-0.05, 0) is 37.0 Å². The number of benzene rings is 1. The summed E-state index contributed by atoms with van der Waals surface area (Å²) in [5, 5.41) is 8.51. The highest BCUT2D eigenvalue weighted by atomic mass is 16.2.